The Hall–Kier alpha value is -0.830. The lowest BCUT2D eigenvalue weighted by molar-refractivity contribution is 0.0453. The molecule has 3 heteroatoms. The van der Waals surface area contributed by atoms with Gasteiger partial charge in [0.1, 0.15) is 17.6 Å². The van der Waals surface area contributed by atoms with Gasteiger partial charge in [-0.15, -0.1) is 0 Å². The van der Waals surface area contributed by atoms with Gasteiger partial charge >= 0.3 is 0 Å². The van der Waals surface area contributed by atoms with Crippen LogP contribution in [0.25, 0.3) is 0 Å². The van der Waals surface area contributed by atoms with E-state index in [9.17, 15) is 0 Å². The van der Waals surface area contributed by atoms with Crippen molar-refractivity contribution >= 4 is 0 Å². The number of nitrogens with zero attached hydrogens (tertiary/aromatic N) is 1. The normalized spacial score (nSPS) is 11.9. The minimum atomic E-state index is -0.451. The molecule has 3 nitrogen and oxygen atoms in total. The van der Waals surface area contributed by atoms with Crippen LogP contribution in [-0.4, -0.2) is 4.98 Å². The largest absolute Gasteiger partial charge is 0.451 e. The second-order valence-electron chi connectivity index (χ2n) is 2.53. The van der Waals surface area contributed by atoms with E-state index >= 15 is 0 Å². The lowest BCUT2D eigenvalue weighted by Crippen LogP contribution is -2.18. The fourth-order valence-electron chi connectivity index (χ4n) is 0.584. The molecule has 1 aromatic heterocycles. The minimum absolute atomic E-state index is 0.451. The molecule has 0 bridgehead atoms. The van der Waals surface area contributed by atoms with Gasteiger partial charge in [-0.25, -0.2) is 4.98 Å². The van der Waals surface area contributed by atoms with E-state index in [2.05, 4.69) is 12.1 Å². The molecule has 1 heterocycles. The summed E-state index contributed by atoms with van der Waals surface area (Å²) in [6, 6.07) is 0. The number of ether oxygens (including phenoxy) is 1. The van der Waals surface area contributed by atoms with Crippen molar-refractivity contribution in [1.82, 2.24) is 4.98 Å². The van der Waals surface area contributed by atoms with Crippen molar-refractivity contribution in [2.45, 2.75) is 19.4 Å². The molecule has 55 valence electrons. The van der Waals surface area contributed by atoms with Gasteiger partial charge in [-0.2, -0.15) is 0 Å². The number of hydrogen-bond acceptors (Lipinski definition) is 3. The van der Waals surface area contributed by atoms with Crippen molar-refractivity contribution in [3.63, 3.8) is 0 Å². The zero-order valence-corrected chi connectivity index (χ0v) is 6.13. The summed E-state index contributed by atoms with van der Waals surface area (Å²) in [5, 5.41) is 0. The van der Waals surface area contributed by atoms with Crippen LogP contribution in [0.4, 0.5) is 0 Å². The Morgan fingerprint density at radius 3 is 2.80 bits per heavy atom. The topological polar surface area (TPSA) is 35.3 Å². The molecule has 0 spiro atoms. The Balaban J connectivity index is 2.85. The zero-order valence-electron chi connectivity index (χ0n) is 6.13. The fraction of sp³-hybridized carbons (Fsp3) is 0.429. The maximum absolute atomic E-state index is 4.91. The summed E-state index contributed by atoms with van der Waals surface area (Å²) >= 11 is 0. The van der Waals surface area contributed by atoms with E-state index in [0.29, 0.717) is 0 Å². The summed E-state index contributed by atoms with van der Waals surface area (Å²) in [6.45, 7) is 3.75. The molecule has 1 radical (unpaired) electrons. The molecule has 0 atom stereocenters. The number of hydrogen-bond donors (Lipinski definition) is 0. The van der Waals surface area contributed by atoms with Crippen LogP contribution >= 0.6 is 0 Å². The lowest BCUT2D eigenvalue weighted by atomic mass is 10.1. The van der Waals surface area contributed by atoms with Crippen molar-refractivity contribution in [2.24, 2.45) is 0 Å². The lowest BCUT2D eigenvalue weighted by Gasteiger charge is -2.18. The maximum atomic E-state index is 4.91. The van der Waals surface area contributed by atoms with Crippen LogP contribution in [0.15, 0.2) is 17.1 Å². The highest BCUT2D eigenvalue weighted by molar-refractivity contribution is 5.02. The van der Waals surface area contributed by atoms with Gasteiger partial charge in [-0.3, -0.25) is 0 Å². The van der Waals surface area contributed by atoms with Crippen LogP contribution < -0.4 is 0 Å². The van der Waals surface area contributed by atoms with Gasteiger partial charge in [0.15, 0.2) is 6.39 Å². The van der Waals surface area contributed by atoms with E-state index in [1.54, 1.807) is 6.26 Å². The third-order valence-electron chi connectivity index (χ3n) is 1.41. The summed E-state index contributed by atoms with van der Waals surface area (Å²) in [7, 11) is 3.33. The molecule has 1 rings (SSSR count). The molecule has 0 amide bonds. The van der Waals surface area contributed by atoms with Gasteiger partial charge in [0.05, 0.1) is 7.11 Å². The van der Waals surface area contributed by atoms with Crippen LogP contribution in [0.2, 0.25) is 0 Å². The summed E-state index contributed by atoms with van der Waals surface area (Å²) < 4.78 is 9.69. The Morgan fingerprint density at radius 2 is 2.40 bits per heavy atom. The number of rotatable bonds is 2. The van der Waals surface area contributed by atoms with E-state index in [-0.39, 0.29) is 0 Å². The Morgan fingerprint density at radius 1 is 1.70 bits per heavy atom. The fourth-order valence-corrected chi connectivity index (χ4v) is 0.584. The third-order valence-corrected chi connectivity index (χ3v) is 1.41. The monoisotopic (exact) mass is 140 g/mol. The van der Waals surface area contributed by atoms with Crippen molar-refractivity contribution in [2.75, 3.05) is 0 Å². The van der Waals surface area contributed by atoms with E-state index in [1.165, 1.54) is 6.39 Å². The van der Waals surface area contributed by atoms with Crippen LogP contribution in [0.5, 0.6) is 0 Å². The van der Waals surface area contributed by atoms with E-state index in [0.717, 1.165) is 5.69 Å². The predicted molar refractivity (Wildman–Crippen MR) is 36.0 cm³/mol. The van der Waals surface area contributed by atoms with Crippen molar-refractivity contribution in [3.05, 3.63) is 25.5 Å². The van der Waals surface area contributed by atoms with Gasteiger partial charge < -0.3 is 9.15 Å². The predicted octanol–water partition coefficient (Wildman–Crippen LogP) is 1.72. The second-order valence-corrected chi connectivity index (χ2v) is 2.53. The highest BCUT2D eigenvalue weighted by Gasteiger charge is 2.21. The molecule has 0 saturated carbocycles. The van der Waals surface area contributed by atoms with Crippen molar-refractivity contribution in [1.29, 1.82) is 0 Å². The second kappa shape index (κ2) is 2.42. The quantitative estimate of drug-likeness (QED) is 0.627. The first-order valence-electron chi connectivity index (χ1n) is 2.98. The third kappa shape index (κ3) is 1.19. The minimum Gasteiger partial charge on any atom is -0.451 e. The first kappa shape index (κ1) is 7.28. The molecule has 0 aromatic carbocycles. The smallest absolute Gasteiger partial charge is 0.180 e. The highest BCUT2D eigenvalue weighted by atomic mass is 16.5. The zero-order chi connectivity index (χ0) is 7.61. The summed E-state index contributed by atoms with van der Waals surface area (Å²) in [5.41, 5.74) is 0.301. The van der Waals surface area contributed by atoms with Crippen LogP contribution in [0, 0.1) is 7.11 Å². The van der Waals surface area contributed by atoms with Crippen LogP contribution in [-0.2, 0) is 10.3 Å². The first-order chi connectivity index (χ1) is 4.67. The van der Waals surface area contributed by atoms with E-state index in [1.807, 2.05) is 13.8 Å². The SMILES string of the molecule is [CH2]OC(C)(C)c1cocn1. The standard InChI is InChI=1S/C7H10NO2/c1-7(2,9-3)6-4-10-5-8-6/h4-5H,3H2,1-2H3. The van der Waals surface area contributed by atoms with Gasteiger partial charge in [0.2, 0.25) is 0 Å². The van der Waals surface area contributed by atoms with Gasteiger partial charge in [-0.05, 0) is 13.8 Å². The molecular formula is C7H10NO2. The molecule has 0 unspecified atom stereocenters. The van der Waals surface area contributed by atoms with Crippen molar-refractivity contribution in [3.8, 4) is 0 Å². The summed E-state index contributed by atoms with van der Waals surface area (Å²) in [5.74, 6) is 0. The van der Waals surface area contributed by atoms with Gasteiger partial charge in [-0.1, -0.05) is 0 Å². The molecule has 0 aliphatic carbocycles. The molecule has 0 aliphatic rings. The number of aromatic nitrogens is 1. The van der Waals surface area contributed by atoms with Crippen LogP contribution in [0.1, 0.15) is 19.5 Å². The average Bonchev–Trinajstić information content (AvgIpc) is 2.38. The molecular weight excluding hydrogens is 130 g/mol. The van der Waals surface area contributed by atoms with Crippen LogP contribution in [0.3, 0.4) is 0 Å². The number of oxazole rings is 1. The van der Waals surface area contributed by atoms with E-state index in [4.69, 9.17) is 9.15 Å². The van der Waals surface area contributed by atoms with Gasteiger partial charge in [0, 0.05) is 0 Å². The molecule has 0 aliphatic heterocycles. The maximum Gasteiger partial charge on any atom is 0.180 e. The summed E-state index contributed by atoms with van der Waals surface area (Å²) in [4.78, 5) is 3.93. The first-order valence-corrected chi connectivity index (χ1v) is 2.98. The van der Waals surface area contributed by atoms with Crippen molar-refractivity contribution < 1.29 is 9.15 Å². The molecule has 0 fully saturated rings. The Labute approximate surface area is 60.0 Å². The van der Waals surface area contributed by atoms with Gasteiger partial charge in [0.25, 0.3) is 0 Å². The molecule has 10 heavy (non-hydrogen) atoms. The molecule has 1 aromatic rings. The Kier molecular flexibility index (Phi) is 1.76. The highest BCUT2D eigenvalue weighted by Crippen LogP contribution is 2.21. The summed E-state index contributed by atoms with van der Waals surface area (Å²) in [6.07, 6.45) is 2.92. The average molecular weight is 140 g/mol. The Bertz CT molecular complexity index is 191. The molecule has 0 saturated heterocycles. The van der Waals surface area contributed by atoms with E-state index < -0.39 is 5.60 Å². The molecule has 0 N–H and O–H groups in total.